The fourth-order valence-corrected chi connectivity index (χ4v) is 3.42. The van der Waals surface area contributed by atoms with Gasteiger partial charge in [0.05, 0.1) is 12.5 Å². The third kappa shape index (κ3) is 3.99. The molecule has 1 aliphatic heterocycles. The SMILES string of the molecule is O=C(NCc1nnc2n1C[C@@H](C(F)(F)F)CC2)NC1CCCCC1. The Morgan fingerprint density at radius 3 is 2.62 bits per heavy atom. The quantitative estimate of drug-likeness (QED) is 0.884. The average Bonchev–Trinajstić information content (AvgIpc) is 2.95. The summed E-state index contributed by atoms with van der Waals surface area (Å²) >= 11 is 0. The Bertz CT molecular complexity index is 580. The van der Waals surface area contributed by atoms with Gasteiger partial charge in [0.1, 0.15) is 5.82 Å². The second-order valence-electron chi connectivity index (χ2n) is 6.58. The van der Waals surface area contributed by atoms with E-state index in [4.69, 9.17) is 0 Å². The molecule has 1 aromatic heterocycles. The number of hydrogen-bond acceptors (Lipinski definition) is 3. The molecule has 2 aliphatic rings. The maximum Gasteiger partial charge on any atom is 0.393 e. The number of aromatic nitrogens is 3. The van der Waals surface area contributed by atoms with Crippen LogP contribution in [0.15, 0.2) is 0 Å². The summed E-state index contributed by atoms with van der Waals surface area (Å²) in [6, 6.07) is -0.122. The maximum atomic E-state index is 12.9. The van der Waals surface area contributed by atoms with Crippen LogP contribution in [-0.4, -0.2) is 33.0 Å². The van der Waals surface area contributed by atoms with E-state index in [1.807, 2.05) is 0 Å². The maximum absolute atomic E-state index is 12.9. The Labute approximate surface area is 138 Å². The molecule has 0 unspecified atom stereocenters. The van der Waals surface area contributed by atoms with Gasteiger partial charge in [-0.05, 0) is 19.3 Å². The van der Waals surface area contributed by atoms with Crippen molar-refractivity contribution >= 4 is 6.03 Å². The number of carbonyl (C=O) groups is 1. The van der Waals surface area contributed by atoms with Crippen molar-refractivity contribution in [3.8, 4) is 0 Å². The first-order valence-electron chi connectivity index (χ1n) is 8.45. The van der Waals surface area contributed by atoms with Crippen LogP contribution in [0.5, 0.6) is 0 Å². The van der Waals surface area contributed by atoms with Crippen molar-refractivity contribution in [3.63, 3.8) is 0 Å². The van der Waals surface area contributed by atoms with Gasteiger partial charge in [0, 0.05) is 19.0 Å². The molecule has 1 aromatic rings. The Morgan fingerprint density at radius 1 is 1.17 bits per heavy atom. The molecule has 0 bridgehead atoms. The van der Waals surface area contributed by atoms with Crippen molar-refractivity contribution in [1.29, 1.82) is 0 Å². The molecule has 0 aromatic carbocycles. The molecular formula is C15H22F3N5O. The molecule has 2 heterocycles. The van der Waals surface area contributed by atoms with E-state index in [1.165, 1.54) is 11.0 Å². The minimum atomic E-state index is -4.22. The lowest BCUT2D eigenvalue weighted by molar-refractivity contribution is -0.182. The molecule has 1 atom stereocenters. The van der Waals surface area contributed by atoms with Gasteiger partial charge in [-0.3, -0.25) is 0 Å². The Kier molecular flexibility index (Phi) is 4.96. The highest BCUT2D eigenvalue weighted by atomic mass is 19.4. The summed E-state index contributed by atoms with van der Waals surface area (Å²) in [7, 11) is 0. The number of carbonyl (C=O) groups excluding carboxylic acids is 1. The van der Waals surface area contributed by atoms with Gasteiger partial charge in [-0.15, -0.1) is 10.2 Å². The Morgan fingerprint density at radius 2 is 1.92 bits per heavy atom. The van der Waals surface area contributed by atoms with Crippen LogP contribution in [0.25, 0.3) is 0 Å². The number of alkyl halides is 3. The lowest BCUT2D eigenvalue weighted by atomic mass is 9.96. The number of amides is 2. The summed E-state index contributed by atoms with van der Waals surface area (Å²) in [4.78, 5) is 11.9. The number of urea groups is 1. The Balaban J connectivity index is 1.55. The van der Waals surface area contributed by atoms with Crippen LogP contribution >= 0.6 is 0 Å². The summed E-state index contributed by atoms with van der Waals surface area (Å²) in [6.45, 7) is -0.0940. The summed E-state index contributed by atoms with van der Waals surface area (Å²) in [5.41, 5.74) is 0. The van der Waals surface area contributed by atoms with Crippen LogP contribution in [0, 0.1) is 5.92 Å². The van der Waals surface area contributed by atoms with Crippen molar-refractivity contribution in [1.82, 2.24) is 25.4 Å². The monoisotopic (exact) mass is 345 g/mol. The minimum absolute atomic E-state index is 0.0389. The highest BCUT2D eigenvalue weighted by Gasteiger charge is 2.42. The van der Waals surface area contributed by atoms with Gasteiger partial charge in [-0.1, -0.05) is 19.3 Å². The number of halogens is 3. The second kappa shape index (κ2) is 6.98. The van der Waals surface area contributed by atoms with Crippen molar-refractivity contribution < 1.29 is 18.0 Å². The first-order chi connectivity index (χ1) is 11.4. The average molecular weight is 345 g/mol. The fraction of sp³-hybridized carbons (Fsp3) is 0.800. The molecule has 134 valence electrons. The normalized spacial score (nSPS) is 22.0. The molecule has 1 saturated carbocycles. The zero-order chi connectivity index (χ0) is 17.2. The lowest BCUT2D eigenvalue weighted by Crippen LogP contribution is -2.43. The summed E-state index contributed by atoms with van der Waals surface area (Å²) in [6.07, 6.45) is 1.45. The molecule has 0 saturated heterocycles. The Hall–Kier alpha value is -1.80. The number of nitrogens with one attached hydrogen (secondary N) is 2. The topological polar surface area (TPSA) is 71.8 Å². The number of rotatable bonds is 3. The molecule has 3 rings (SSSR count). The molecule has 1 fully saturated rings. The van der Waals surface area contributed by atoms with Crippen molar-refractivity contribution in [2.24, 2.45) is 5.92 Å². The first-order valence-corrected chi connectivity index (χ1v) is 8.45. The lowest BCUT2D eigenvalue weighted by Gasteiger charge is -2.26. The number of fused-ring (bicyclic) bond motifs is 1. The van der Waals surface area contributed by atoms with Crippen molar-refractivity contribution in [2.75, 3.05) is 0 Å². The van der Waals surface area contributed by atoms with Crippen LogP contribution in [0.1, 0.15) is 50.2 Å². The van der Waals surface area contributed by atoms with Crippen LogP contribution in [0.2, 0.25) is 0 Å². The summed E-state index contributed by atoms with van der Waals surface area (Å²) in [5.74, 6) is -0.450. The third-order valence-corrected chi connectivity index (χ3v) is 4.83. The highest BCUT2D eigenvalue weighted by molar-refractivity contribution is 5.74. The van der Waals surface area contributed by atoms with E-state index in [0.29, 0.717) is 11.6 Å². The molecule has 2 amide bonds. The molecule has 0 radical (unpaired) electrons. The highest BCUT2D eigenvalue weighted by Crippen LogP contribution is 2.34. The molecule has 9 heteroatoms. The molecule has 0 spiro atoms. The largest absolute Gasteiger partial charge is 0.393 e. The van der Waals surface area contributed by atoms with Gasteiger partial charge in [-0.25, -0.2) is 4.79 Å². The number of nitrogens with zero attached hydrogens (tertiary/aromatic N) is 3. The number of aryl methyl sites for hydroxylation is 1. The van der Waals surface area contributed by atoms with E-state index >= 15 is 0 Å². The minimum Gasteiger partial charge on any atom is -0.335 e. The van der Waals surface area contributed by atoms with Gasteiger partial charge in [0.2, 0.25) is 0 Å². The van der Waals surface area contributed by atoms with Gasteiger partial charge in [-0.2, -0.15) is 13.2 Å². The standard InChI is InChI=1S/C15H22F3N5O/c16-15(17,18)10-6-7-12-21-22-13(23(12)9-10)8-19-14(24)20-11-4-2-1-3-5-11/h10-11H,1-9H2,(H2,19,20,24)/t10-/m0/s1. The van der Waals surface area contributed by atoms with Gasteiger partial charge < -0.3 is 15.2 Å². The predicted molar refractivity (Wildman–Crippen MR) is 80.1 cm³/mol. The van der Waals surface area contributed by atoms with Crippen LogP contribution < -0.4 is 10.6 Å². The molecule has 6 nitrogen and oxygen atoms in total. The van der Waals surface area contributed by atoms with Gasteiger partial charge >= 0.3 is 12.2 Å². The molecule has 1 aliphatic carbocycles. The van der Waals surface area contributed by atoms with Gasteiger partial charge in [0.25, 0.3) is 0 Å². The van der Waals surface area contributed by atoms with Crippen molar-refractivity contribution in [3.05, 3.63) is 11.6 Å². The summed E-state index contributed by atoms with van der Waals surface area (Å²) < 4.78 is 40.2. The second-order valence-corrected chi connectivity index (χ2v) is 6.58. The first kappa shape index (κ1) is 17.0. The number of hydrogen-bond donors (Lipinski definition) is 2. The predicted octanol–water partition coefficient (Wildman–Crippen LogP) is 2.53. The smallest absolute Gasteiger partial charge is 0.335 e. The third-order valence-electron chi connectivity index (χ3n) is 4.83. The molecule has 2 N–H and O–H groups in total. The van der Waals surface area contributed by atoms with E-state index in [2.05, 4.69) is 20.8 Å². The molecule has 24 heavy (non-hydrogen) atoms. The fourth-order valence-electron chi connectivity index (χ4n) is 3.42. The van der Waals surface area contributed by atoms with E-state index in [1.54, 1.807) is 0 Å². The van der Waals surface area contributed by atoms with E-state index in [0.717, 1.165) is 25.7 Å². The summed E-state index contributed by atoms with van der Waals surface area (Å²) in [5, 5.41) is 13.5. The van der Waals surface area contributed by atoms with E-state index in [9.17, 15) is 18.0 Å². The van der Waals surface area contributed by atoms with E-state index < -0.39 is 12.1 Å². The zero-order valence-corrected chi connectivity index (χ0v) is 13.4. The van der Waals surface area contributed by atoms with Crippen molar-refractivity contribution in [2.45, 2.75) is 70.3 Å². The molecular weight excluding hydrogens is 323 g/mol. The van der Waals surface area contributed by atoms with Crippen LogP contribution in [-0.2, 0) is 19.5 Å². The van der Waals surface area contributed by atoms with Gasteiger partial charge in [0.15, 0.2) is 5.82 Å². The zero-order valence-electron chi connectivity index (χ0n) is 13.4. The van der Waals surface area contributed by atoms with Crippen LogP contribution in [0.3, 0.4) is 0 Å². The van der Waals surface area contributed by atoms with E-state index in [-0.39, 0.29) is 38.0 Å². The van der Waals surface area contributed by atoms with Crippen LogP contribution in [0.4, 0.5) is 18.0 Å².